The van der Waals surface area contributed by atoms with Gasteiger partial charge in [0.15, 0.2) is 0 Å². The summed E-state index contributed by atoms with van der Waals surface area (Å²) in [6, 6.07) is 5.20. The zero-order valence-corrected chi connectivity index (χ0v) is 11.3. The van der Waals surface area contributed by atoms with Gasteiger partial charge >= 0.3 is 5.97 Å². The molecule has 0 saturated carbocycles. The molecule has 0 spiro atoms. The minimum atomic E-state index is -0.335. The van der Waals surface area contributed by atoms with Gasteiger partial charge in [0.1, 0.15) is 0 Å². The van der Waals surface area contributed by atoms with E-state index in [4.69, 9.17) is 10.5 Å². The average molecular weight is 250 g/mol. The van der Waals surface area contributed by atoms with Crippen molar-refractivity contribution in [2.75, 3.05) is 24.2 Å². The van der Waals surface area contributed by atoms with Gasteiger partial charge in [0.05, 0.1) is 23.5 Å². The molecule has 0 saturated heterocycles. The minimum Gasteiger partial charge on any atom is -0.462 e. The molecule has 1 unspecified atom stereocenters. The second-order valence-corrected chi connectivity index (χ2v) is 4.42. The SMILES string of the molecule is CCOC(=O)c1ccc(NCC(C)CC)c(N)c1. The Morgan fingerprint density at radius 3 is 2.72 bits per heavy atom. The van der Waals surface area contributed by atoms with Gasteiger partial charge in [-0.3, -0.25) is 0 Å². The van der Waals surface area contributed by atoms with Crippen LogP contribution in [0.25, 0.3) is 0 Å². The molecule has 100 valence electrons. The van der Waals surface area contributed by atoms with Gasteiger partial charge in [0.25, 0.3) is 0 Å². The molecule has 0 aromatic heterocycles. The fraction of sp³-hybridized carbons (Fsp3) is 0.500. The van der Waals surface area contributed by atoms with Crippen LogP contribution >= 0.6 is 0 Å². The molecule has 0 aliphatic heterocycles. The standard InChI is InChI=1S/C14H22N2O2/c1-4-10(3)9-16-13-7-6-11(8-12(13)15)14(17)18-5-2/h6-8,10,16H,4-5,9,15H2,1-3H3. The molecule has 4 nitrogen and oxygen atoms in total. The Labute approximate surface area is 109 Å². The fourth-order valence-electron chi connectivity index (χ4n) is 1.49. The Kier molecular flexibility index (Phi) is 5.49. The number of benzene rings is 1. The number of nitrogen functional groups attached to an aromatic ring is 1. The lowest BCUT2D eigenvalue weighted by Crippen LogP contribution is -2.12. The topological polar surface area (TPSA) is 64.3 Å². The summed E-state index contributed by atoms with van der Waals surface area (Å²) in [6.45, 7) is 7.35. The molecule has 0 fully saturated rings. The molecule has 18 heavy (non-hydrogen) atoms. The molecule has 0 radical (unpaired) electrons. The summed E-state index contributed by atoms with van der Waals surface area (Å²) in [6.07, 6.45) is 1.12. The molecule has 1 aromatic rings. The lowest BCUT2D eigenvalue weighted by molar-refractivity contribution is 0.0526. The van der Waals surface area contributed by atoms with Crippen LogP contribution in [0.2, 0.25) is 0 Å². The number of anilines is 2. The van der Waals surface area contributed by atoms with Gasteiger partial charge in [-0.2, -0.15) is 0 Å². The first-order chi connectivity index (χ1) is 8.58. The van der Waals surface area contributed by atoms with Gasteiger partial charge in [0.2, 0.25) is 0 Å². The Hall–Kier alpha value is -1.71. The van der Waals surface area contributed by atoms with E-state index in [1.54, 1.807) is 19.1 Å². The molecular weight excluding hydrogens is 228 g/mol. The lowest BCUT2D eigenvalue weighted by Gasteiger charge is -2.13. The third-order valence-electron chi connectivity index (χ3n) is 2.90. The van der Waals surface area contributed by atoms with Gasteiger partial charge in [-0.05, 0) is 31.0 Å². The third kappa shape index (κ3) is 3.95. The number of carbonyl (C=O) groups is 1. The predicted octanol–water partition coefficient (Wildman–Crippen LogP) is 2.90. The highest BCUT2D eigenvalue weighted by Gasteiger charge is 2.09. The first-order valence-corrected chi connectivity index (χ1v) is 6.39. The second kappa shape index (κ2) is 6.89. The molecule has 4 heteroatoms. The van der Waals surface area contributed by atoms with E-state index in [-0.39, 0.29) is 5.97 Å². The molecule has 3 N–H and O–H groups in total. The van der Waals surface area contributed by atoms with Crippen LogP contribution in [0.4, 0.5) is 11.4 Å². The summed E-state index contributed by atoms with van der Waals surface area (Å²) in [5.41, 5.74) is 7.84. The molecule has 1 aromatic carbocycles. The Morgan fingerprint density at radius 2 is 2.17 bits per heavy atom. The van der Waals surface area contributed by atoms with Crippen LogP contribution < -0.4 is 11.1 Å². The van der Waals surface area contributed by atoms with Crippen molar-refractivity contribution in [1.82, 2.24) is 0 Å². The largest absolute Gasteiger partial charge is 0.462 e. The van der Waals surface area contributed by atoms with Gasteiger partial charge in [-0.1, -0.05) is 20.3 Å². The van der Waals surface area contributed by atoms with Gasteiger partial charge < -0.3 is 15.8 Å². The van der Waals surface area contributed by atoms with Crippen molar-refractivity contribution in [3.05, 3.63) is 23.8 Å². The zero-order chi connectivity index (χ0) is 13.5. The molecule has 1 atom stereocenters. The maximum atomic E-state index is 11.5. The van der Waals surface area contributed by atoms with Crippen LogP contribution in [0.5, 0.6) is 0 Å². The number of ether oxygens (including phenoxy) is 1. The van der Waals surface area contributed by atoms with E-state index in [9.17, 15) is 4.79 Å². The van der Waals surface area contributed by atoms with E-state index in [0.717, 1.165) is 18.7 Å². The highest BCUT2D eigenvalue weighted by atomic mass is 16.5. The number of nitrogens with one attached hydrogen (secondary N) is 1. The van der Waals surface area contributed by atoms with E-state index in [2.05, 4.69) is 19.2 Å². The maximum absolute atomic E-state index is 11.5. The highest BCUT2D eigenvalue weighted by Crippen LogP contribution is 2.21. The fourth-order valence-corrected chi connectivity index (χ4v) is 1.49. The van der Waals surface area contributed by atoms with Crippen LogP contribution in [-0.2, 0) is 4.74 Å². The van der Waals surface area contributed by atoms with Crippen molar-refractivity contribution in [2.24, 2.45) is 5.92 Å². The minimum absolute atomic E-state index is 0.335. The van der Waals surface area contributed by atoms with Crippen molar-refractivity contribution >= 4 is 17.3 Å². The summed E-state index contributed by atoms with van der Waals surface area (Å²) in [4.78, 5) is 11.5. The van der Waals surface area contributed by atoms with Crippen molar-refractivity contribution in [3.63, 3.8) is 0 Å². The number of rotatable bonds is 6. The predicted molar refractivity (Wildman–Crippen MR) is 74.8 cm³/mol. The highest BCUT2D eigenvalue weighted by molar-refractivity contribution is 5.91. The molecule has 0 heterocycles. The first-order valence-electron chi connectivity index (χ1n) is 6.39. The molecule has 0 aliphatic rings. The summed E-state index contributed by atoms with van der Waals surface area (Å²) in [5, 5.41) is 3.28. The quantitative estimate of drug-likeness (QED) is 0.602. The van der Waals surface area contributed by atoms with Crippen molar-refractivity contribution < 1.29 is 9.53 Å². The summed E-state index contributed by atoms with van der Waals surface area (Å²) in [7, 11) is 0. The first kappa shape index (κ1) is 14.4. The molecule has 1 rings (SSSR count). The zero-order valence-electron chi connectivity index (χ0n) is 11.3. The van der Waals surface area contributed by atoms with E-state index < -0.39 is 0 Å². The second-order valence-electron chi connectivity index (χ2n) is 4.42. The smallest absolute Gasteiger partial charge is 0.338 e. The Balaban J connectivity index is 2.70. The van der Waals surface area contributed by atoms with Crippen LogP contribution in [0, 0.1) is 5.92 Å². The van der Waals surface area contributed by atoms with Crippen molar-refractivity contribution in [3.8, 4) is 0 Å². The summed E-state index contributed by atoms with van der Waals surface area (Å²) >= 11 is 0. The third-order valence-corrected chi connectivity index (χ3v) is 2.90. The number of carbonyl (C=O) groups excluding carboxylic acids is 1. The van der Waals surface area contributed by atoms with Gasteiger partial charge in [0, 0.05) is 6.54 Å². The van der Waals surface area contributed by atoms with Crippen molar-refractivity contribution in [2.45, 2.75) is 27.2 Å². The number of hydrogen-bond donors (Lipinski definition) is 2. The normalized spacial score (nSPS) is 11.9. The summed E-state index contributed by atoms with van der Waals surface area (Å²) in [5.74, 6) is 0.256. The molecule has 0 bridgehead atoms. The van der Waals surface area contributed by atoms with Crippen LogP contribution in [0.1, 0.15) is 37.6 Å². The number of esters is 1. The molecule has 0 amide bonds. The Morgan fingerprint density at radius 1 is 1.44 bits per heavy atom. The van der Waals surface area contributed by atoms with E-state index in [1.165, 1.54) is 0 Å². The lowest BCUT2D eigenvalue weighted by atomic mass is 10.1. The number of hydrogen-bond acceptors (Lipinski definition) is 4. The van der Waals surface area contributed by atoms with Crippen LogP contribution in [0.3, 0.4) is 0 Å². The average Bonchev–Trinajstić information content (AvgIpc) is 2.37. The van der Waals surface area contributed by atoms with Crippen LogP contribution in [-0.4, -0.2) is 19.1 Å². The van der Waals surface area contributed by atoms with Crippen LogP contribution in [0.15, 0.2) is 18.2 Å². The monoisotopic (exact) mass is 250 g/mol. The van der Waals surface area contributed by atoms with E-state index >= 15 is 0 Å². The van der Waals surface area contributed by atoms with Crippen molar-refractivity contribution in [1.29, 1.82) is 0 Å². The van der Waals surface area contributed by atoms with Gasteiger partial charge in [-0.15, -0.1) is 0 Å². The van der Waals surface area contributed by atoms with E-state index in [1.807, 2.05) is 6.07 Å². The maximum Gasteiger partial charge on any atom is 0.338 e. The molecular formula is C14H22N2O2. The summed E-state index contributed by atoms with van der Waals surface area (Å²) < 4.78 is 4.92. The number of nitrogens with two attached hydrogens (primary N) is 1. The van der Waals surface area contributed by atoms with E-state index in [0.29, 0.717) is 23.8 Å². The molecule has 0 aliphatic carbocycles. The Bertz CT molecular complexity index is 405. The van der Waals surface area contributed by atoms with Gasteiger partial charge in [-0.25, -0.2) is 4.79 Å².